The quantitative estimate of drug-likeness (QED) is 0.721. The molecule has 96 valence electrons. The maximum Gasteiger partial charge on any atom is 0.246 e. The third-order valence-corrected chi connectivity index (χ3v) is 3.81. The Hall–Kier alpha value is -1.10. The molecular weight excluding hydrogens is 218 g/mol. The van der Waals surface area contributed by atoms with Gasteiger partial charge in [-0.3, -0.25) is 9.59 Å². The van der Waals surface area contributed by atoms with E-state index in [1.807, 2.05) is 4.90 Å². The summed E-state index contributed by atoms with van der Waals surface area (Å²) in [5, 5.41) is 5.99. The van der Waals surface area contributed by atoms with E-state index in [0.717, 1.165) is 38.8 Å². The van der Waals surface area contributed by atoms with Crippen molar-refractivity contribution in [3.63, 3.8) is 0 Å². The zero-order valence-electron chi connectivity index (χ0n) is 10.4. The molecule has 2 heterocycles. The molecule has 0 aliphatic carbocycles. The van der Waals surface area contributed by atoms with Crippen LogP contribution in [0, 0.1) is 0 Å². The molecule has 0 aromatic rings. The van der Waals surface area contributed by atoms with E-state index in [4.69, 9.17) is 0 Å². The summed E-state index contributed by atoms with van der Waals surface area (Å²) >= 11 is 0. The minimum Gasteiger partial charge on any atom is -0.345 e. The summed E-state index contributed by atoms with van der Waals surface area (Å²) in [6.45, 7) is 4.59. The molecule has 2 rings (SSSR count). The molecule has 1 spiro atoms. The van der Waals surface area contributed by atoms with Crippen LogP contribution in [-0.4, -0.2) is 48.4 Å². The zero-order valence-corrected chi connectivity index (χ0v) is 10.4. The predicted octanol–water partition coefficient (Wildman–Crippen LogP) is -0.133. The molecule has 5 nitrogen and oxygen atoms in total. The van der Waals surface area contributed by atoms with Crippen LogP contribution in [0.4, 0.5) is 0 Å². The summed E-state index contributed by atoms with van der Waals surface area (Å²) in [4.78, 5) is 26.0. The molecule has 2 amide bonds. The Morgan fingerprint density at radius 2 is 2.00 bits per heavy atom. The van der Waals surface area contributed by atoms with Crippen molar-refractivity contribution in [2.75, 3.05) is 26.2 Å². The maximum atomic E-state index is 12.2. The Bertz CT molecular complexity index is 311. The van der Waals surface area contributed by atoms with Gasteiger partial charge in [-0.25, -0.2) is 0 Å². The second-order valence-corrected chi connectivity index (χ2v) is 4.86. The number of hydrogen-bond acceptors (Lipinski definition) is 3. The number of amides is 2. The number of rotatable bonds is 3. The van der Waals surface area contributed by atoms with Crippen LogP contribution in [-0.2, 0) is 9.59 Å². The first kappa shape index (κ1) is 12.4. The van der Waals surface area contributed by atoms with Gasteiger partial charge in [0.05, 0.1) is 6.54 Å². The highest BCUT2D eigenvalue weighted by Crippen LogP contribution is 2.29. The molecule has 0 bridgehead atoms. The molecule has 2 N–H and O–H groups in total. The van der Waals surface area contributed by atoms with Crippen LogP contribution in [0.1, 0.15) is 32.6 Å². The average molecular weight is 239 g/mol. The standard InChI is InChI=1S/C12H21N3O2/c1-2-3-8-15-10(16)9-14-11(17)12(15)4-6-13-7-5-12/h13H,2-9H2,1H3,(H,14,17). The Labute approximate surface area is 102 Å². The summed E-state index contributed by atoms with van der Waals surface area (Å²) in [6.07, 6.45) is 3.47. The lowest BCUT2D eigenvalue weighted by Gasteiger charge is -2.48. The van der Waals surface area contributed by atoms with Gasteiger partial charge in [-0.2, -0.15) is 0 Å². The van der Waals surface area contributed by atoms with E-state index in [0.29, 0.717) is 6.54 Å². The summed E-state index contributed by atoms with van der Waals surface area (Å²) < 4.78 is 0. The van der Waals surface area contributed by atoms with Crippen molar-refractivity contribution in [2.24, 2.45) is 0 Å². The van der Waals surface area contributed by atoms with Crippen molar-refractivity contribution in [3.8, 4) is 0 Å². The van der Waals surface area contributed by atoms with Gasteiger partial charge in [-0.15, -0.1) is 0 Å². The summed E-state index contributed by atoms with van der Waals surface area (Å²) in [5.41, 5.74) is -0.574. The predicted molar refractivity (Wildman–Crippen MR) is 64.5 cm³/mol. The minimum atomic E-state index is -0.574. The zero-order chi connectivity index (χ0) is 12.3. The third-order valence-electron chi connectivity index (χ3n) is 3.81. The third kappa shape index (κ3) is 2.16. The average Bonchev–Trinajstić information content (AvgIpc) is 2.36. The molecule has 0 saturated carbocycles. The molecule has 2 saturated heterocycles. The largest absolute Gasteiger partial charge is 0.345 e. The highest BCUT2D eigenvalue weighted by atomic mass is 16.2. The van der Waals surface area contributed by atoms with Crippen LogP contribution in [0.25, 0.3) is 0 Å². The number of nitrogens with one attached hydrogen (secondary N) is 2. The van der Waals surface area contributed by atoms with E-state index in [-0.39, 0.29) is 18.4 Å². The van der Waals surface area contributed by atoms with Gasteiger partial charge in [0.15, 0.2) is 0 Å². The number of nitrogens with zero attached hydrogens (tertiary/aromatic N) is 1. The maximum absolute atomic E-state index is 12.2. The van der Waals surface area contributed by atoms with E-state index in [1.54, 1.807) is 0 Å². The summed E-state index contributed by atoms with van der Waals surface area (Å²) in [7, 11) is 0. The van der Waals surface area contributed by atoms with Crippen molar-refractivity contribution < 1.29 is 9.59 Å². The first-order chi connectivity index (χ1) is 8.20. The van der Waals surface area contributed by atoms with Crippen molar-refractivity contribution in [3.05, 3.63) is 0 Å². The van der Waals surface area contributed by atoms with Crippen LogP contribution >= 0.6 is 0 Å². The number of carbonyl (C=O) groups excluding carboxylic acids is 2. The fraction of sp³-hybridized carbons (Fsp3) is 0.833. The van der Waals surface area contributed by atoms with Crippen LogP contribution in [0.5, 0.6) is 0 Å². The number of hydrogen-bond donors (Lipinski definition) is 2. The van der Waals surface area contributed by atoms with Gasteiger partial charge in [0.2, 0.25) is 11.8 Å². The molecule has 0 aromatic heterocycles. The van der Waals surface area contributed by atoms with Crippen molar-refractivity contribution in [1.82, 2.24) is 15.5 Å². The fourth-order valence-corrected chi connectivity index (χ4v) is 2.77. The first-order valence-electron chi connectivity index (χ1n) is 6.50. The molecule has 0 radical (unpaired) electrons. The molecule has 2 fully saturated rings. The lowest BCUT2D eigenvalue weighted by molar-refractivity contribution is -0.155. The molecule has 0 atom stereocenters. The van der Waals surface area contributed by atoms with Gasteiger partial charge in [-0.1, -0.05) is 13.3 Å². The lowest BCUT2D eigenvalue weighted by atomic mass is 9.83. The van der Waals surface area contributed by atoms with E-state index in [9.17, 15) is 9.59 Å². The lowest BCUT2D eigenvalue weighted by Crippen LogP contribution is -2.69. The van der Waals surface area contributed by atoms with Gasteiger partial charge in [-0.05, 0) is 32.4 Å². The van der Waals surface area contributed by atoms with Gasteiger partial charge in [0, 0.05) is 6.54 Å². The van der Waals surface area contributed by atoms with Crippen LogP contribution in [0.2, 0.25) is 0 Å². The molecule has 0 unspecified atom stereocenters. The summed E-state index contributed by atoms with van der Waals surface area (Å²) in [6, 6.07) is 0. The van der Waals surface area contributed by atoms with E-state index < -0.39 is 5.54 Å². The van der Waals surface area contributed by atoms with Crippen LogP contribution in [0.15, 0.2) is 0 Å². The first-order valence-corrected chi connectivity index (χ1v) is 6.50. The molecule has 5 heteroatoms. The summed E-state index contributed by atoms with van der Waals surface area (Å²) in [5.74, 6) is 0.106. The van der Waals surface area contributed by atoms with E-state index >= 15 is 0 Å². The second kappa shape index (κ2) is 5.04. The highest BCUT2D eigenvalue weighted by molar-refractivity contribution is 5.98. The normalized spacial score (nSPS) is 23.9. The molecule has 2 aliphatic rings. The van der Waals surface area contributed by atoms with Gasteiger partial charge in [0.1, 0.15) is 5.54 Å². The highest BCUT2D eigenvalue weighted by Gasteiger charge is 2.49. The number of piperazine rings is 1. The van der Waals surface area contributed by atoms with Crippen molar-refractivity contribution in [2.45, 2.75) is 38.1 Å². The SMILES string of the molecule is CCCCN1C(=O)CNC(=O)C12CCNCC2. The Kier molecular flexibility index (Phi) is 3.66. The Morgan fingerprint density at radius 3 is 2.65 bits per heavy atom. The molecule has 2 aliphatic heterocycles. The fourth-order valence-electron chi connectivity index (χ4n) is 2.77. The molecule has 17 heavy (non-hydrogen) atoms. The van der Waals surface area contributed by atoms with Crippen LogP contribution in [0.3, 0.4) is 0 Å². The van der Waals surface area contributed by atoms with E-state index in [2.05, 4.69) is 17.6 Å². The molecular formula is C12H21N3O2. The van der Waals surface area contributed by atoms with E-state index in [1.165, 1.54) is 0 Å². The monoisotopic (exact) mass is 239 g/mol. The minimum absolute atomic E-state index is 0.0368. The molecule has 0 aromatic carbocycles. The van der Waals surface area contributed by atoms with Gasteiger partial charge < -0.3 is 15.5 Å². The topological polar surface area (TPSA) is 61.4 Å². The number of unbranched alkanes of at least 4 members (excludes halogenated alkanes) is 1. The second-order valence-electron chi connectivity index (χ2n) is 4.86. The van der Waals surface area contributed by atoms with Crippen molar-refractivity contribution in [1.29, 1.82) is 0 Å². The number of piperidine rings is 1. The number of carbonyl (C=O) groups is 2. The van der Waals surface area contributed by atoms with Crippen LogP contribution < -0.4 is 10.6 Å². The Morgan fingerprint density at radius 1 is 1.29 bits per heavy atom. The van der Waals surface area contributed by atoms with Gasteiger partial charge >= 0.3 is 0 Å². The van der Waals surface area contributed by atoms with Gasteiger partial charge in [0.25, 0.3) is 0 Å². The van der Waals surface area contributed by atoms with Crippen molar-refractivity contribution >= 4 is 11.8 Å². The Balaban J connectivity index is 2.20. The smallest absolute Gasteiger partial charge is 0.246 e.